The number of hydrogen-bond donors (Lipinski definition) is 1. The van der Waals surface area contributed by atoms with Gasteiger partial charge in [-0.15, -0.1) is 11.6 Å². The van der Waals surface area contributed by atoms with Crippen LogP contribution in [0.25, 0.3) is 0 Å². The standard InChI is InChI=1S/C15H13ClF2O.C13H10F2O/c16-9-10-19-15(11-1-5-13(17)6-2-11)12-3-7-14(18)8-4-12;14-11-5-1-9(2-6-11)13(16)10-3-7-12(15)8-4-10/h1-8,15H,9-10H2;1-8,13,16H. The van der Waals surface area contributed by atoms with E-state index in [1.54, 1.807) is 24.3 Å². The predicted molar refractivity (Wildman–Crippen MR) is 128 cm³/mol. The Hall–Kier alpha value is -3.19. The third kappa shape index (κ3) is 7.92. The van der Waals surface area contributed by atoms with Crippen LogP contribution in [-0.2, 0) is 4.74 Å². The smallest absolute Gasteiger partial charge is 0.123 e. The summed E-state index contributed by atoms with van der Waals surface area (Å²) in [6, 6.07) is 23.2. The number of aliphatic hydroxyl groups excluding tert-OH is 1. The minimum absolute atomic E-state index is 0.307. The molecule has 0 aromatic heterocycles. The first-order valence-electron chi connectivity index (χ1n) is 10.7. The number of hydrogen-bond acceptors (Lipinski definition) is 2. The van der Waals surface area contributed by atoms with E-state index in [1.165, 1.54) is 72.8 Å². The average Bonchev–Trinajstić information content (AvgIpc) is 2.87. The molecule has 0 saturated heterocycles. The van der Waals surface area contributed by atoms with E-state index >= 15 is 0 Å². The molecule has 0 spiro atoms. The third-order valence-corrected chi connectivity index (χ3v) is 5.23. The van der Waals surface area contributed by atoms with E-state index in [0.717, 1.165) is 11.1 Å². The van der Waals surface area contributed by atoms with Crippen LogP contribution >= 0.6 is 11.6 Å². The Kier molecular flexibility index (Phi) is 9.85. The molecule has 0 fully saturated rings. The first-order valence-corrected chi connectivity index (χ1v) is 11.3. The van der Waals surface area contributed by atoms with Crippen molar-refractivity contribution in [3.8, 4) is 0 Å². The molecule has 2 nitrogen and oxygen atoms in total. The molecule has 0 radical (unpaired) electrons. The van der Waals surface area contributed by atoms with Gasteiger partial charge in [-0.25, -0.2) is 17.6 Å². The number of rotatable bonds is 7. The van der Waals surface area contributed by atoms with Gasteiger partial charge in [0.1, 0.15) is 35.5 Å². The van der Waals surface area contributed by atoms with Gasteiger partial charge in [0, 0.05) is 5.88 Å². The Bertz CT molecular complexity index is 1070. The molecular weight excluding hydrogens is 480 g/mol. The highest BCUT2D eigenvalue weighted by molar-refractivity contribution is 6.17. The fourth-order valence-corrected chi connectivity index (χ4v) is 3.39. The van der Waals surface area contributed by atoms with Crippen LogP contribution in [0, 0.1) is 23.3 Å². The summed E-state index contributed by atoms with van der Waals surface area (Å²) in [7, 11) is 0. The molecule has 0 aliphatic carbocycles. The molecule has 0 unspecified atom stereocenters. The first kappa shape index (κ1) is 26.4. The normalized spacial score (nSPS) is 10.9. The lowest BCUT2D eigenvalue weighted by Crippen LogP contribution is -2.08. The summed E-state index contributed by atoms with van der Waals surface area (Å²) >= 11 is 5.63. The molecule has 35 heavy (non-hydrogen) atoms. The summed E-state index contributed by atoms with van der Waals surface area (Å²) < 4.78 is 56.9. The summed E-state index contributed by atoms with van der Waals surface area (Å²) in [4.78, 5) is 0. The zero-order valence-electron chi connectivity index (χ0n) is 18.6. The maximum absolute atomic E-state index is 12.9. The summed E-state index contributed by atoms with van der Waals surface area (Å²) in [5.74, 6) is -0.957. The fraction of sp³-hybridized carbons (Fsp3) is 0.143. The van der Waals surface area contributed by atoms with Gasteiger partial charge in [0.25, 0.3) is 0 Å². The van der Waals surface area contributed by atoms with Crippen molar-refractivity contribution >= 4 is 11.6 Å². The Morgan fingerprint density at radius 3 is 1.11 bits per heavy atom. The van der Waals surface area contributed by atoms with E-state index in [-0.39, 0.29) is 29.4 Å². The molecule has 1 N–H and O–H groups in total. The largest absolute Gasteiger partial charge is 0.384 e. The molecule has 4 aromatic carbocycles. The van der Waals surface area contributed by atoms with Crippen LogP contribution in [0.1, 0.15) is 34.5 Å². The first-order chi connectivity index (χ1) is 16.9. The maximum Gasteiger partial charge on any atom is 0.123 e. The molecule has 0 amide bonds. The highest BCUT2D eigenvalue weighted by Gasteiger charge is 2.15. The predicted octanol–water partition coefficient (Wildman–Crippen LogP) is 7.36. The molecule has 0 saturated carbocycles. The average molecular weight is 503 g/mol. The van der Waals surface area contributed by atoms with Gasteiger partial charge in [0.2, 0.25) is 0 Å². The number of benzene rings is 4. The van der Waals surface area contributed by atoms with Gasteiger partial charge in [-0.2, -0.15) is 0 Å². The van der Waals surface area contributed by atoms with Gasteiger partial charge >= 0.3 is 0 Å². The fourth-order valence-electron chi connectivity index (χ4n) is 3.31. The zero-order chi connectivity index (χ0) is 25.2. The maximum atomic E-state index is 12.9. The molecule has 0 bridgehead atoms. The SMILES string of the molecule is Fc1ccc(C(OCCCl)c2ccc(F)cc2)cc1.OC(c1ccc(F)cc1)c1ccc(F)cc1. The van der Waals surface area contributed by atoms with E-state index < -0.39 is 6.10 Å². The number of aliphatic hydroxyl groups is 1. The van der Waals surface area contributed by atoms with Crippen LogP contribution in [0.3, 0.4) is 0 Å². The van der Waals surface area contributed by atoms with Crippen molar-refractivity contribution in [2.45, 2.75) is 12.2 Å². The molecule has 0 heterocycles. The van der Waals surface area contributed by atoms with Crippen LogP contribution in [-0.4, -0.2) is 17.6 Å². The molecule has 182 valence electrons. The molecule has 0 atom stereocenters. The lowest BCUT2D eigenvalue weighted by molar-refractivity contribution is 0.0928. The Labute approximate surface area is 206 Å². The van der Waals surface area contributed by atoms with E-state index in [1.807, 2.05) is 0 Å². The Morgan fingerprint density at radius 1 is 0.543 bits per heavy atom. The van der Waals surface area contributed by atoms with Gasteiger partial charge in [-0.3, -0.25) is 0 Å². The summed E-state index contributed by atoms with van der Waals surface area (Å²) in [5.41, 5.74) is 2.76. The Morgan fingerprint density at radius 2 is 0.829 bits per heavy atom. The Balaban J connectivity index is 0.000000198. The van der Waals surface area contributed by atoms with Crippen LogP contribution in [0.5, 0.6) is 0 Å². The van der Waals surface area contributed by atoms with Gasteiger partial charge in [0.05, 0.1) is 6.61 Å². The van der Waals surface area contributed by atoms with E-state index in [0.29, 0.717) is 23.6 Å². The molecule has 4 aromatic rings. The molecule has 7 heteroatoms. The van der Waals surface area contributed by atoms with Crippen molar-refractivity contribution in [1.29, 1.82) is 0 Å². The van der Waals surface area contributed by atoms with Gasteiger partial charge in [-0.05, 0) is 70.8 Å². The molecule has 0 aliphatic rings. The topological polar surface area (TPSA) is 29.5 Å². The quantitative estimate of drug-likeness (QED) is 0.211. The van der Waals surface area contributed by atoms with Crippen molar-refractivity contribution < 1.29 is 27.4 Å². The van der Waals surface area contributed by atoms with Crippen molar-refractivity contribution in [3.05, 3.63) is 143 Å². The minimum Gasteiger partial charge on any atom is -0.384 e. The second-order valence-electron chi connectivity index (χ2n) is 7.55. The lowest BCUT2D eigenvalue weighted by Gasteiger charge is -2.18. The summed E-state index contributed by atoms with van der Waals surface area (Å²) in [5, 5.41) is 9.93. The van der Waals surface area contributed by atoms with E-state index in [4.69, 9.17) is 16.3 Å². The summed E-state index contributed by atoms with van der Waals surface area (Å²) in [6.45, 7) is 0.362. The molecular formula is C28H23ClF4O2. The second-order valence-corrected chi connectivity index (χ2v) is 7.93. The van der Waals surface area contributed by atoms with Crippen molar-refractivity contribution in [2.75, 3.05) is 12.5 Å². The minimum atomic E-state index is -0.860. The van der Waals surface area contributed by atoms with Crippen molar-refractivity contribution in [2.24, 2.45) is 0 Å². The zero-order valence-corrected chi connectivity index (χ0v) is 19.3. The van der Waals surface area contributed by atoms with Gasteiger partial charge in [-0.1, -0.05) is 48.5 Å². The van der Waals surface area contributed by atoms with Crippen LogP contribution in [0.15, 0.2) is 97.1 Å². The molecule has 4 rings (SSSR count). The monoisotopic (exact) mass is 502 g/mol. The number of alkyl halides is 1. The molecule has 0 aliphatic heterocycles. The van der Waals surface area contributed by atoms with Crippen molar-refractivity contribution in [3.63, 3.8) is 0 Å². The highest BCUT2D eigenvalue weighted by Crippen LogP contribution is 2.26. The highest BCUT2D eigenvalue weighted by atomic mass is 35.5. The van der Waals surface area contributed by atoms with E-state index in [2.05, 4.69) is 0 Å². The third-order valence-electron chi connectivity index (χ3n) is 5.08. The lowest BCUT2D eigenvalue weighted by atomic mass is 10.0. The summed E-state index contributed by atoms with van der Waals surface area (Å²) in [6.07, 6.45) is -1.24. The van der Waals surface area contributed by atoms with Crippen LogP contribution < -0.4 is 0 Å². The van der Waals surface area contributed by atoms with Crippen LogP contribution in [0.2, 0.25) is 0 Å². The number of ether oxygens (including phenoxy) is 1. The van der Waals surface area contributed by atoms with Crippen LogP contribution in [0.4, 0.5) is 17.6 Å². The second kappa shape index (κ2) is 13.0. The van der Waals surface area contributed by atoms with Crippen molar-refractivity contribution in [1.82, 2.24) is 0 Å². The number of halogens is 5. The van der Waals surface area contributed by atoms with Gasteiger partial charge < -0.3 is 9.84 Å². The van der Waals surface area contributed by atoms with Gasteiger partial charge in [0.15, 0.2) is 0 Å². The van der Waals surface area contributed by atoms with E-state index in [9.17, 15) is 22.7 Å².